The normalized spacial score (nSPS) is 24.6. The molecule has 0 aliphatic carbocycles. The molecule has 0 aromatic rings. The van der Waals surface area contributed by atoms with Crippen molar-refractivity contribution in [1.29, 1.82) is 0 Å². The second kappa shape index (κ2) is 9.09. The number of piperidine rings is 2. The van der Waals surface area contributed by atoms with Crippen LogP contribution in [-0.2, 0) is 4.79 Å². The van der Waals surface area contributed by atoms with Crippen molar-refractivity contribution in [2.45, 2.75) is 46.5 Å². The Labute approximate surface area is 142 Å². The summed E-state index contributed by atoms with van der Waals surface area (Å²) in [6.45, 7) is 12.8. The first-order valence-electron chi connectivity index (χ1n) is 8.66. The van der Waals surface area contributed by atoms with E-state index in [9.17, 15) is 4.79 Å². The maximum Gasteiger partial charge on any atom is 0.225 e. The largest absolute Gasteiger partial charge is 0.355 e. The zero-order valence-electron chi connectivity index (χ0n) is 14.5. The molecule has 0 aromatic carbocycles. The topological polar surface area (TPSA) is 44.4 Å². The van der Waals surface area contributed by atoms with E-state index in [1.165, 1.54) is 51.9 Å². The number of halogens is 1. The molecule has 130 valence electrons. The highest BCUT2D eigenvalue weighted by Crippen LogP contribution is 2.21. The van der Waals surface area contributed by atoms with E-state index in [1.807, 2.05) is 20.8 Å². The van der Waals surface area contributed by atoms with Gasteiger partial charge in [0.2, 0.25) is 5.91 Å². The zero-order valence-corrected chi connectivity index (χ0v) is 15.3. The highest BCUT2D eigenvalue weighted by Gasteiger charge is 2.25. The minimum absolute atomic E-state index is 0. The van der Waals surface area contributed by atoms with Crippen LogP contribution in [0.4, 0.5) is 0 Å². The van der Waals surface area contributed by atoms with Crippen LogP contribution >= 0.6 is 12.4 Å². The highest BCUT2D eigenvalue weighted by atomic mass is 35.5. The molecule has 5 heteroatoms. The van der Waals surface area contributed by atoms with Crippen LogP contribution in [0.1, 0.15) is 46.5 Å². The minimum Gasteiger partial charge on any atom is -0.355 e. The number of carbonyl (C=O) groups excluding carboxylic acids is 1. The molecule has 0 aromatic heterocycles. The Morgan fingerprint density at radius 1 is 1.18 bits per heavy atom. The number of likely N-dealkylation sites (tertiary alicyclic amines) is 1. The first-order chi connectivity index (χ1) is 9.95. The van der Waals surface area contributed by atoms with E-state index in [0.29, 0.717) is 5.92 Å². The molecule has 2 fully saturated rings. The molecular formula is C17H34ClN3O. The molecule has 2 rings (SSSR count). The van der Waals surface area contributed by atoms with Crippen molar-refractivity contribution in [2.75, 3.05) is 39.3 Å². The number of hydrogen-bond donors (Lipinski definition) is 2. The van der Waals surface area contributed by atoms with Gasteiger partial charge in [-0.1, -0.05) is 20.8 Å². The van der Waals surface area contributed by atoms with Crippen molar-refractivity contribution < 1.29 is 4.79 Å². The van der Waals surface area contributed by atoms with Gasteiger partial charge in [-0.25, -0.2) is 0 Å². The van der Waals surface area contributed by atoms with Gasteiger partial charge in [-0.05, 0) is 57.2 Å². The van der Waals surface area contributed by atoms with Crippen LogP contribution in [0, 0.1) is 17.3 Å². The summed E-state index contributed by atoms with van der Waals surface area (Å²) >= 11 is 0. The van der Waals surface area contributed by atoms with Crippen molar-refractivity contribution in [3.8, 4) is 0 Å². The van der Waals surface area contributed by atoms with Gasteiger partial charge in [0.05, 0.1) is 0 Å². The number of rotatable bonds is 4. The molecule has 0 spiro atoms. The maximum absolute atomic E-state index is 12.0. The summed E-state index contributed by atoms with van der Waals surface area (Å²) in [6.07, 6.45) is 5.18. The number of hydrogen-bond acceptors (Lipinski definition) is 3. The lowest BCUT2D eigenvalue weighted by atomic mass is 9.92. The van der Waals surface area contributed by atoms with E-state index < -0.39 is 0 Å². The lowest BCUT2D eigenvalue weighted by molar-refractivity contribution is -0.128. The summed E-state index contributed by atoms with van der Waals surface area (Å²) in [7, 11) is 0. The minimum atomic E-state index is -0.274. The predicted molar refractivity (Wildman–Crippen MR) is 94.5 cm³/mol. The van der Waals surface area contributed by atoms with E-state index >= 15 is 0 Å². The Balaban J connectivity index is 0.00000242. The smallest absolute Gasteiger partial charge is 0.225 e. The van der Waals surface area contributed by atoms with Crippen molar-refractivity contribution in [3.05, 3.63) is 0 Å². The molecule has 2 aliphatic heterocycles. The Kier molecular flexibility index (Phi) is 8.15. The van der Waals surface area contributed by atoms with Crippen molar-refractivity contribution in [3.63, 3.8) is 0 Å². The second-order valence-corrected chi connectivity index (χ2v) is 7.92. The quantitative estimate of drug-likeness (QED) is 0.830. The fourth-order valence-corrected chi connectivity index (χ4v) is 3.42. The average Bonchev–Trinajstić information content (AvgIpc) is 2.45. The highest BCUT2D eigenvalue weighted by molar-refractivity contribution is 5.85. The van der Waals surface area contributed by atoms with E-state index in [-0.39, 0.29) is 23.7 Å². The van der Waals surface area contributed by atoms with Gasteiger partial charge >= 0.3 is 0 Å². The number of nitrogens with one attached hydrogen (secondary N) is 2. The number of carbonyl (C=O) groups is 1. The summed E-state index contributed by atoms with van der Waals surface area (Å²) in [5, 5.41) is 6.58. The summed E-state index contributed by atoms with van der Waals surface area (Å²) in [4.78, 5) is 14.6. The fraction of sp³-hybridized carbons (Fsp3) is 0.941. The van der Waals surface area contributed by atoms with Crippen LogP contribution in [0.2, 0.25) is 0 Å². The molecule has 2 aliphatic rings. The fourth-order valence-electron chi connectivity index (χ4n) is 3.42. The third-order valence-corrected chi connectivity index (χ3v) is 4.81. The molecule has 4 nitrogen and oxygen atoms in total. The van der Waals surface area contributed by atoms with Crippen LogP contribution in [0.5, 0.6) is 0 Å². The maximum atomic E-state index is 12.0. The van der Waals surface area contributed by atoms with Crippen LogP contribution in [0.3, 0.4) is 0 Å². The van der Waals surface area contributed by atoms with Crippen LogP contribution in [0.15, 0.2) is 0 Å². The molecule has 1 unspecified atom stereocenters. The van der Waals surface area contributed by atoms with Gasteiger partial charge < -0.3 is 15.5 Å². The Morgan fingerprint density at radius 3 is 2.50 bits per heavy atom. The average molecular weight is 332 g/mol. The SMILES string of the molecule is CC(C)(C)C(=O)NCC1CCCN(CC2CCNCC2)C1.Cl. The Hall–Kier alpha value is -0.320. The van der Waals surface area contributed by atoms with Gasteiger partial charge in [0.15, 0.2) is 0 Å². The molecule has 22 heavy (non-hydrogen) atoms. The van der Waals surface area contributed by atoms with Crippen molar-refractivity contribution >= 4 is 18.3 Å². The summed E-state index contributed by atoms with van der Waals surface area (Å²) in [5.74, 6) is 1.68. The van der Waals surface area contributed by atoms with Gasteiger partial charge in [0, 0.05) is 25.0 Å². The van der Waals surface area contributed by atoms with Crippen molar-refractivity contribution in [1.82, 2.24) is 15.5 Å². The second-order valence-electron chi connectivity index (χ2n) is 7.92. The molecule has 0 saturated carbocycles. The van der Waals surface area contributed by atoms with Crippen LogP contribution in [-0.4, -0.2) is 50.1 Å². The molecule has 2 N–H and O–H groups in total. The van der Waals surface area contributed by atoms with Gasteiger partial charge in [-0.3, -0.25) is 4.79 Å². The standard InChI is InChI=1S/C17H33N3O.ClH/c1-17(2,3)16(21)19-11-15-5-4-10-20(13-15)12-14-6-8-18-9-7-14;/h14-15,18H,4-13H2,1-3H3,(H,19,21);1H. The Bertz CT molecular complexity index is 337. The number of amides is 1. The molecule has 2 heterocycles. The van der Waals surface area contributed by atoms with Crippen LogP contribution < -0.4 is 10.6 Å². The third kappa shape index (κ3) is 6.43. The Morgan fingerprint density at radius 2 is 1.86 bits per heavy atom. The third-order valence-electron chi connectivity index (χ3n) is 4.81. The van der Waals surface area contributed by atoms with E-state index in [0.717, 1.165) is 19.0 Å². The lowest BCUT2D eigenvalue weighted by Gasteiger charge is -2.36. The van der Waals surface area contributed by atoms with Gasteiger partial charge in [0.25, 0.3) is 0 Å². The van der Waals surface area contributed by atoms with Crippen molar-refractivity contribution in [2.24, 2.45) is 17.3 Å². The molecule has 1 atom stereocenters. The first kappa shape index (κ1) is 19.7. The molecular weight excluding hydrogens is 298 g/mol. The summed E-state index contributed by atoms with van der Waals surface area (Å²) in [5.41, 5.74) is -0.274. The monoisotopic (exact) mass is 331 g/mol. The van der Waals surface area contributed by atoms with E-state index in [1.54, 1.807) is 0 Å². The predicted octanol–water partition coefficient (Wildman–Crippen LogP) is 2.28. The summed E-state index contributed by atoms with van der Waals surface area (Å²) < 4.78 is 0. The van der Waals surface area contributed by atoms with Crippen LogP contribution in [0.25, 0.3) is 0 Å². The lowest BCUT2D eigenvalue weighted by Crippen LogP contribution is -2.45. The molecule has 2 saturated heterocycles. The van der Waals surface area contributed by atoms with Gasteiger partial charge in [-0.2, -0.15) is 0 Å². The van der Waals surface area contributed by atoms with E-state index in [2.05, 4.69) is 15.5 Å². The molecule has 1 amide bonds. The zero-order chi connectivity index (χ0) is 15.3. The van der Waals surface area contributed by atoms with E-state index in [4.69, 9.17) is 0 Å². The molecule has 0 bridgehead atoms. The number of nitrogens with zero attached hydrogens (tertiary/aromatic N) is 1. The van der Waals surface area contributed by atoms with Gasteiger partial charge in [0.1, 0.15) is 0 Å². The molecule has 0 radical (unpaired) electrons. The first-order valence-corrected chi connectivity index (χ1v) is 8.66. The summed E-state index contributed by atoms with van der Waals surface area (Å²) in [6, 6.07) is 0. The van der Waals surface area contributed by atoms with Gasteiger partial charge in [-0.15, -0.1) is 12.4 Å².